The fraction of sp³-hybridized carbons (Fsp3) is 0.300. The van der Waals surface area contributed by atoms with E-state index in [0.29, 0.717) is 48.3 Å². The summed E-state index contributed by atoms with van der Waals surface area (Å²) in [4.78, 5) is 29.5. The quantitative estimate of drug-likeness (QED) is 0.682. The van der Waals surface area contributed by atoms with Crippen molar-refractivity contribution in [3.63, 3.8) is 0 Å². The molecule has 28 heavy (non-hydrogen) atoms. The van der Waals surface area contributed by atoms with Crippen LogP contribution in [0.25, 0.3) is 0 Å². The largest absolute Gasteiger partial charge is 0.476 e. The Bertz CT molecular complexity index is 917. The molecule has 2 heterocycles. The fourth-order valence-corrected chi connectivity index (χ4v) is 3.91. The van der Waals surface area contributed by atoms with Gasteiger partial charge in [-0.3, -0.25) is 9.59 Å². The van der Waals surface area contributed by atoms with Crippen LogP contribution in [0.15, 0.2) is 46.9 Å². The van der Waals surface area contributed by atoms with Crippen LogP contribution in [-0.2, 0) is 9.53 Å². The van der Waals surface area contributed by atoms with Crippen molar-refractivity contribution >= 4 is 45.0 Å². The molecule has 146 valence electrons. The first-order chi connectivity index (χ1) is 13.5. The van der Waals surface area contributed by atoms with Gasteiger partial charge in [0, 0.05) is 17.6 Å². The average molecular weight is 466 g/mol. The molecule has 2 aromatic carbocycles. The highest BCUT2D eigenvalue weighted by atomic mass is 79.9. The van der Waals surface area contributed by atoms with Gasteiger partial charge < -0.3 is 19.3 Å². The van der Waals surface area contributed by atoms with Gasteiger partial charge in [-0.25, -0.2) is 0 Å². The molecule has 2 aliphatic heterocycles. The second-order valence-electron chi connectivity index (χ2n) is 6.55. The monoisotopic (exact) mass is 464 g/mol. The number of fused-ring (bicyclic) bond motifs is 1. The van der Waals surface area contributed by atoms with E-state index in [4.69, 9.17) is 21.1 Å². The van der Waals surface area contributed by atoms with Gasteiger partial charge in [-0.15, -0.1) is 0 Å². The standard InChI is InChI=1S/C20H18BrClN2O4/c21-13-5-6-15(22)14(11-13)19(25)24-12-18(20(26)23-7-9-27-10-8-23)28-17-4-2-1-3-16(17)24/h1-6,11,18H,7-10,12H2. The highest BCUT2D eigenvalue weighted by molar-refractivity contribution is 9.10. The van der Waals surface area contributed by atoms with Gasteiger partial charge >= 0.3 is 0 Å². The Morgan fingerprint density at radius 3 is 2.64 bits per heavy atom. The van der Waals surface area contributed by atoms with Crippen molar-refractivity contribution in [3.05, 3.63) is 57.5 Å². The molecule has 0 aliphatic carbocycles. The van der Waals surface area contributed by atoms with Crippen molar-refractivity contribution in [2.45, 2.75) is 6.10 Å². The fourth-order valence-electron chi connectivity index (χ4n) is 3.35. The van der Waals surface area contributed by atoms with E-state index in [9.17, 15) is 9.59 Å². The number of benzene rings is 2. The van der Waals surface area contributed by atoms with Crippen molar-refractivity contribution < 1.29 is 19.1 Å². The highest BCUT2D eigenvalue weighted by Gasteiger charge is 2.37. The van der Waals surface area contributed by atoms with E-state index >= 15 is 0 Å². The molecule has 1 fully saturated rings. The molecule has 0 aromatic heterocycles. The molecule has 4 rings (SSSR count). The first-order valence-corrected chi connectivity index (χ1v) is 10.1. The van der Waals surface area contributed by atoms with Gasteiger partial charge in [-0.1, -0.05) is 39.7 Å². The first-order valence-electron chi connectivity index (χ1n) is 8.94. The van der Waals surface area contributed by atoms with E-state index in [1.807, 2.05) is 12.1 Å². The SMILES string of the molecule is O=C(C1CN(C(=O)c2cc(Br)ccc2Cl)c2ccccc2O1)N1CCOCC1. The van der Waals surface area contributed by atoms with Crippen LogP contribution in [0.3, 0.4) is 0 Å². The summed E-state index contributed by atoms with van der Waals surface area (Å²) in [5.41, 5.74) is 0.986. The van der Waals surface area contributed by atoms with Gasteiger partial charge in [0.25, 0.3) is 11.8 Å². The minimum atomic E-state index is -0.775. The molecule has 0 radical (unpaired) electrons. The minimum absolute atomic E-state index is 0.120. The molecular formula is C20H18BrClN2O4. The number of morpholine rings is 1. The smallest absolute Gasteiger partial charge is 0.265 e. The van der Waals surface area contributed by atoms with Crippen LogP contribution in [0.5, 0.6) is 5.75 Å². The van der Waals surface area contributed by atoms with Gasteiger partial charge in [0.2, 0.25) is 0 Å². The normalized spacial score (nSPS) is 19.0. The predicted molar refractivity (Wildman–Crippen MR) is 109 cm³/mol. The van der Waals surface area contributed by atoms with Crippen LogP contribution in [0, 0.1) is 0 Å². The van der Waals surface area contributed by atoms with Crippen molar-refractivity contribution in [3.8, 4) is 5.75 Å². The number of anilines is 1. The average Bonchev–Trinajstić information content (AvgIpc) is 2.74. The third-order valence-corrected chi connectivity index (χ3v) is 5.60. The van der Waals surface area contributed by atoms with E-state index in [-0.39, 0.29) is 18.4 Å². The molecule has 8 heteroatoms. The van der Waals surface area contributed by atoms with Crippen LogP contribution in [-0.4, -0.2) is 55.7 Å². The molecule has 2 aliphatic rings. The molecular weight excluding hydrogens is 448 g/mol. The topological polar surface area (TPSA) is 59.1 Å². The summed E-state index contributed by atoms with van der Waals surface area (Å²) in [5.74, 6) is 0.0811. The molecule has 2 amide bonds. The van der Waals surface area contributed by atoms with Crippen molar-refractivity contribution in [1.82, 2.24) is 4.90 Å². The van der Waals surface area contributed by atoms with Gasteiger partial charge in [0.1, 0.15) is 5.75 Å². The van der Waals surface area contributed by atoms with E-state index < -0.39 is 6.10 Å². The summed E-state index contributed by atoms with van der Waals surface area (Å²) in [6.07, 6.45) is -0.775. The Labute approximate surface area is 176 Å². The van der Waals surface area contributed by atoms with Crippen LogP contribution in [0.2, 0.25) is 5.02 Å². The second-order valence-corrected chi connectivity index (χ2v) is 7.87. The van der Waals surface area contributed by atoms with E-state index in [0.717, 1.165) is 4.47 Å². The number of carbonyl (C=O) groups is 2. The first kappa shape index (κ1) is 19.2. The number of para-hydroxylation sites is 2. The zero-order valence-corrected chi connectivity index (χ0v) is 17.3. The van der Waals surface area contributed by atoms with E-state index in [1.165, 1.54) is 0 Å². The Balaban J connectivity index is 1.66. The Hall–Kier alpha value is -2.09. The second kappa shape index (κ2) is 8.11. The molecule has 6 nitrogen and oxygen atoms in total. The van der Waals surface area contributed by atoms with Gasteiger partial charge in [0.15, 0.2) is 6.10 Å². The van der Waals surface area contributed by atoms with Crippen LogP contribution >= 0.6 is 27.5 Å². The number of nitrogens with zero attached hydrogens (tertiary/aromatic N) is 2. The maximum atomic E-state index is 13.3. The summed E-state index contributed by atoms with van der Waals surface area (Å²) in [7, 11) is 0. The zero-order chi connectivity index (χ0) is 19.7. The minimum Gasteiger partial charge on any atom is -0.476 e. The number of ether oxygens (including phenoxy) is 2. The molecule has 0 bridgehead atoms. The Kier molecular flexibility index (Phi) is 5.57. The maximum absolute atomic E-state index is 13.3. The highest BCUT2D eigenvalue weighted by Crippen LogP contribution is 2.35. The van der Waals surface area contributed by atoms with Crippen LogP contribution in [0.4, 0.5) is 5.69 Å². The van der Waals surface area contributed by atoms with Crippen LogP contribution in [0.1, 0.15) is 10.4 Å². The molecule has 0 N–H and O–H groups in total. The maximum Gasteiger partial charge on any atom is 0.265 e. The third kappa shape index (κ3) is 3.74. The number of hydrogen-bond donors (Lipinski definition) is 0. The Morgan fingerprint density at radius 2 is 1.86 bits per heavy atom. The summed E-state index contributed by atoms with van der Waals surface area (Å²) in [5, 5.41) is 0.355. The number of halogens is 2. The number of hydrogen-bond acceptors (Lipinski definition) is 4. The predicted octanol–water partition coefficient (Wildman–Crippen LogP) is 3.37. The molecule has 0 spiro atoms. The number of amides is 2. The molecule has 0 saturated carbocycles. The number of carbonyl (C=O) groups excluding carboxylic acids is 2. The van der Waals surface area contributed by atoms with E-state index in [2.05, 4.69) is 15.9 Å². The molecule has 1 unspecified atom stereocenters. The van der Waals surface area contributed by atoms with Gasteiger partial charge in [-0.05, 0) is 30.3 Å². The lowest BCUT2D eigenvalue weighted by Gasteiger charge is -2.37. The zero-order valence-electron chi connectivity index (χ0n) is 14.9. The van der Waals surface area contributed by atoms with Crippen molar-refractivity contribution in [2.75, 3.05) is 37.7 Å². The van der Waals surface area contributed by atoms with Gasteiger partial charge in [-0.2, -0.15) is 0 Å². The molecule has 1 atom stereocenters. The van der Waals surface area contributed by atoms with E-state index in [1.54, 1.807) is 40.1 Å². The lowest BCUT2D eigenvalue weighted by molar-refractivity contribution is -0.142. The lowest BCUT2D eigenvalue weighted by Crippen LogP contribution is -2.54. The summed E-state index contributed by atoms with van der Waals surface area (Å²) in [6.45, 7) is 2.17. The summed E-state index contributed by atoms with van der Waals surface area (Å²) < 4.78 is 12.0. The van der Waals surface area contributed by atoms with Crippen LogP contribution < -0.4 is 9.64 Å². The lowest BCUT2D eigenvalue weighted by atomic mass is 10.1. The summed E-state index contributed by atoms with van der Waals surface area (Å²) >= 11 is 9.65. The number of rotatable bonds is 2. The Morgan fingerprint density at radius 1 is 1.11 bits per heavy atom. The van der Waals surface area contributed by atoms with Gasteiger partial charge in [0.05, 0.1) is 36.0 Å². The van der Waals surface area contributed by atoms with Crippen molar-refractivity contribution in [1.29, 1.82) is 0 Å². The molecule has 2 aromatic rings. The third-order valence-electron chi connectivity index (χ3n) is 4.78. The van der Waals surface area contributed by atoms with Crippen molar-refractivity contribution in [2.24, 2.45) is 0 Å². The summed E-state index contributed by atoms with van der Waals surface area (Å²) in [6, 6.07) is 12.3. The molecule has 1 saturated heterocycles.